The third-order valence-corrected chi connectivity index (χ3v) is 4.31. The van der Waals surface area contributed by atoms with Crippen molar-refractivity contribution in [3.05, 3.63) is 29.8 Å². The molecule has 1 atom stereocenters. The standard InChI is InChI=1S/C15H24O3S/c1-3-5-6-8-13(7-4-2)14-9-11-15(12-10-14)19(16,17)18/h9-13H,3-8H2,1-2H3,(H,16,17,18). The maximum Gasteiger partial charge on any atom is 0.294 e. The summed E-state index contributed by atoms with van der Waals surface area (Å²) < 4.78 is 31.0. The summed E-state index contributed by atoms with van der Waals surface area (Å²) in [6.45, 7) is 4.36. The fourth-order valence-corrected chi connectivity index (χ4v) is 2.86. The fraction of sp³-hybridized carbons (Fsp3) is 0.600. The second-order valence-electron chi connectivity index (χ2n) is 5.03. The van der Waals surface area contributed by atoms with Crippen LogP contribution in [0.15, 0.2) is 29.2 Å². The zero-order chi connectivity index (χ0) is 14.3. The molecule has 0 radical (unpaired) electrons. The van der Waals surface area contributed by atoms with E-state index in [4.69, 9.17) is 4.55 Å². The molecule has 1 aromatic carbocycles. The summed E-state index contributed by atoms with van der Waals surface area (Å²) in [5, 5.41) is 0. The fourth-order valence-electron chi connectivity index (χ4n) is 2.38. The largest absolute Gasteiger partial charge is 0.294 e. The first-order valence-corrected chi connectivity index (χ1v) is 8.50. The SMILES string of the molecule is CCCCCC(CCC)c1ccc(S(=O)(=O)O)cc1. The monoisotopic (exact) mass is 284 g/mol. The van der Waals surface area contributed by atoms with Gasteiger partial charge in [0.1, 0.15) is 0 Å². The predicted octanol–water partition coefficient (Wildman–Crippen LogP) is 4.40. The van der Waals surface area contributed by atoms with Gasteiger partial charge in [-0.2, -0.15) is 8.42 Å². The normalized spacial score (nSPS) is 13.4. The summed E-state index contributed by atoms with van der Waals surface area (Å²) in [6, 6.07) is 6.64. The number of unbranched alkanes of at least 4 members (excludes halogenated alkanes) is 2. The van der Waals surface area contributed by atoms with E-state index in [9.17, 15) is 8.42 Å². The van der Waals surface area contributed by atoms with Gasteiger partial charge in [0.15, 0.2) is 0 Å². The van der Waals surface area contributed by atoms with Crippen molar-refractivity contribution in [2.45, 2.75) is 63.2 Å². The highest BCUT2D eigenvalue weighted by atomic mass is 32.2. The van der Waals surface area contributed by atoms with Crippen molar-refractivity contribution in [3.8, 4) is 0 Å². The molecule has 108 valence electrons. The van der Waals surface area contributed by atoms with E-state index in [0.717, 1.165) is 19.3 Å². The Hall–Kier alpha value is -0.870. The lowest BCUT2D eigenvalue weighted by atomic mass is 9.89. The number of benzene rings is 1. The van der Waals surface area contributed by atoms with Crippen LogP contribution in [-0.2, 0) is 10.1 Å². The molecule has 0 spiro atoms. The molecule has 0 aliphatic rings. The zero-order valence-electron chi connectivity index (χ0n) is 11.8. The first-order chi connectivity index (χ1) is 8.99. The lowest BCUT2D eigenvalue weighted by Crippen LogP contribution is -2.01. The van der Waals surface area contributed by atoms with Gasteiger partial charge >= 0.3 is 0 Å². The van der Waals surface area contributed by atoms with Crippen molar-refractivity contribution in [3.63, 3.8) is 0 Å². The van der Waals surface area contributed by atoms with Crippen LogP contribution in [0.1, 0.15) is 63.9 Å². The lowest BCUT2D eigenvalue weighted by molar-refractivity contribution is 0.483. The number of rotatable bonds is 8. The summed E-state index contributed by atoms with van der Waals surface area (Å²) in [6.07, 6.45) is 7.05. The van der Waals surface area contributed by atoms with Gasteiger partial charge in [-0.3, -0.25) is 4.55 Å². The number of hydrogen-bond donors (Lipinski definition) is 1. The molecule has 0 saturated carbocycles. The predicted molar refractivity (Wildman–Crippen MR) is 78.0 cm³/mol. The Labute approximate surface area is 116 Å². The molecular weight excluding hydrogens is 260 g/mol. The van der Waals surface area contributed by atoms with Crippen LogP contribution >= 0.6 is 0 Å². The first-order valence-electron chi connectivity index (χ1n) is 7.06. The lowest BCUT2D eigenvalue weighted by Gasteiger charge is -2.16. The van der Waals surface area contributed by atoms with Crippen LogP contribution in [0.5, 0.6) is 0 Å². The molecule has 0 aromatic heterocycles. The summed E-state index contributed by atoms with van der Waals surface area (Å²) >= 11 is 0. The van der Waals surface area contributed by atoms with Crippen molar-refractivity contribution in [2.24, 2.45) is 0 Å². The quantitative estimate of drug-likeness (QED) is 0.568. The van der Waals surface area contributed by atoms with E-state index >= 15 is 0 Å². The molecule has 3 nitrogen and oxygen atoms in total. The van der Waals surface area contributed by atoms with E-state index in [1.54, 1.807) is 0 Å². The molecule has 1 unspecified atom stereocenters. The second kappa shape index (κ2) is 7.65. The minimum absolute atomic E-state index is 0.0277. The summed E-state index contributed by atoms with van der Waals surface area (Å²) in [4.78, 5) is -0.0277. The molecule has 0 fully saturated rings. The van der Waals surface area contributed by atoms with Gasteiger partial charge in [0, 0.05) is 0 Å². The van der Waals surface area contributed by atoms with Crippen molar-refractivity contribution in [2.75, 3.05) is 0 Å². The third kappa shape index (κ3) is 5.33. The van der Waals surface area contributed by atoms with Crippen LogP contribution in [0.2, 0.25) is 0 Å². The molecule has 0 bridgehead atoms. The summed E-state index contributed by atoms with van der Waals surface area (Å²) in [5.41, 5.74) is 1.17. The maximum atomic E-state index is 11.0. The van der Waals surface area contributed by atoms with Crippen LogP contribution in [0.3, 0.4) is 0 Å². The van der Waals surface area contributed by atoms with E-state index in [2.05, 4.69) is 13.8 Å². The topological polar surface area (TPSA) is 54.4 Å². The Bertz CT molecular complexity index is 463. The molecule has 0 saturated heterocycles. The van der Waals surface area contributed by atoms with Gasteiger partial charge < -0.3 is 0 Å². The van der Waals surface area contributed by atoms with Crippen LogP contribution < -0.4 is 0 Å². The second-order valence-corrected chi connectivity index (χ2v) is 6.45. The van der Waals surface area contributed by atoms with E-state index in [1.165, 1.54) is 37.0 Å². The van der Waals surface area contributed by atoms with E-state index in [0.29, 0.717) is 5.92 Å². The van der Waals surface area contributed by atoms with Crippen molar-refractivity contribution >= 4 is 10.1 Å². The number of hydrogen-bond acceptors (Lipinski definition) is 2. The highest BCUT2D eigenvalue weighted by Gasteiger charge is 2.13. The minimum Gasteiger partial charge on any atom is -0.282 e. The van der Waals surface area contributed by atoms with Crippen molar-refractivity contribution < 1.29 is 13.0 Å². The van der Waals surface area contributed by atoms with E-state index in [-0.39, 0.29) is 4.90 Å². The van der Waals surface area contributed by atoms with E-state index in [1.807, 2.05) is 12.1 Å². The molecule has 1 aromatic rings. The molecule has 0 aliphatic carbocycles. The van der Waals surface area contributed by atoms with Crippen LogP contribution in [0, 0.1) is 0 Å². The van der Waals surface area contributed by atoms with Crippen molar-refractivity contribution in [1.29, 1.82) is 0 Å². The minimum atomic E-state index is -4.08. The molecule has 0 aliphatic heterocycles. The molecule has 1 N–H and O–H groups in total. The van der Waals surface area contributed by atoms with Gasteiger partial charge in [-0.05, 0) is 36.5 Å². The highest BCUT2D eigenvalue weighted by Crippen LogP contribution is 2.28. The van der Waals surface area contributed by atoms with Crippen molar-refractivity contribution in [1.82, 2.24) is 0 Å². The average molecular weight is 284 g/mol. The van der Waals surface area contributed by atoms with Gasteiger partial charge in [-0.1, -0.05) is 51.7 Å². The Balaban J connectivity index is 2.79. The Kier molecular flexibility index (Phi) is 6.52. The van der Waals surface area contributed by atoms with Crippen LogP contribution in [0.25, 0.3) is 0 Å². The molecule has 0 amide bonds. The Morgan fingerprint density at radius 1 is 1.00 bits per heavy atom. The maximum absolute atomic E-state index is 11.0. The van der Waals surface area contributed by atoms with Gasteiger partial charge in [0.05, 0.1) is 4.90 Å². The highest BCUT2D eigenvalue weighted by molar-refractivity contribution is 7.85. The third-order valence-electron chi connectivity index (χ3n) is 3.44. The zero-order valence-corrected chi connectivity index (χ0v) is 12.6. The van der Waals surface area contributed by atoms with Gasteiger partial charge in [0.2, 0.25) is 0 Å². The molecule has 1 rings (SSSR count). The Morgan fingerprint density at radius 3 is 2.11 bits per heavy atom. The van der Waals surface area contributed by atoms with Gasteiger partial charge in [0.25, 0.3) is 10.1 Å². The van der Waals surface area contributed by atoms with E-state index < -0.39 is 10.1 Å². The summed E-state index contributed by atoms with van der Waals surface area (Å²) in [7, 11) is -4.08. The molecule has 19 heavy (non-hydrogen) atoms. The molecule has 4 heteroatoms. The summed E-state index contributed by atoms with van der Waals surface area (Å²) in [5.74, 6) is 0.493. The van der Waals surface area contributed by atoms with Gasteiger partial charge in [-0.15, -0.1) is 0 Å². The van der Waals surface area contributed by atoms with Crippen LogP contribution in [-0.4, -0.2) is 13.0 Å². The molecular formula is C15H24O3S. The Morgan fingerprint density at radius 2 is 1.63 bits per heavy atom. The van der Waals surface area contributed by atoms with Crippen LogP contribution in [0.4, 0.5) is 0 Å². The molecule has 0 heterocycles. The first kappa shape index (κ1) is 16.2. The van der Waals surface area contributed by atoms with Gasteiger partial charge in [-0.25, -0.2) is 0 Å². The average Bonchev–Trinajstić information content (AvgIpc) is 2.37. The smallest absolute Gasteiger partial charge is 0.282 e.